The van der Waals surface area contributed by atoms with Crippen LogP contribution in [0.1, 0.15) is 11.1 Å². The van der Waals surface area contributed by atoms with E-state index in [9.17, 15) is 0 Å². The molecule has 1 heterocycles. The Labute approximate surface area is 81.4 Å². The summed E-state index contributed by atoms with van der Waals surface area (Å²) >= 11 is 0. The highest BCUT2D eigenvalue weighted by Gasteiger charge is 2.06. The van der Waals surface area contributed by atoms with Crippen LogP contribution in [0, 0.1) is 18.3 Å². The van der Waals surface area contributed by atoms with Crippen molar-refractivity contribution in [2.75, 3.05) is 0 Å². The minimum absolute atomic E-state index is 0.629. The number of nitrogens with zero attached hydrogens (tertiary/aromatic N) is 4. The first kappa shape index (κ1) is 8.45. The van der Waals surface area contributed by atoms with Crippen LogP contribution in [-0.2, 0) is 0 Å². The van der Waals surface area contributed by atoms with Gasteiger partial charge in [0.05, 0.1) is 11.3 Å². The second-order valence-electron chi connectivity index (χ2n) is 2.95. The number of aromatic nitrogens is 3. The van der Waals surface area contributed by atoms with E-state index in [-0.39, 0.29) is 0 Å². The molecule has 0 spiro atoms. The van der Waals surface area contributed by atoms with Crippen molar-refractivity contribution in [3.8, 4) is 11.8 Å². The van der Waals surface area contributed by atoms with Gasteiger partial charge >= 0.3 is 0 Å². The molecule has 4 heteroatoms. The van der Waals surface area contributed by atoms with Crippen LogP contribution in [-0.4, -0.2) is 14.8 Å². The lowest BCUT2D eigenvalue weighted by atomic mass is 10.1. The normalized spacial score (nSPS) is 9.71. The van der Waals surface area contributed by atoms with Gasteiger partial charge in [0.2, 0.25) is 0 Å². The van der Waals surface area contributed by atoms with Gasteiger partial charge in [0.25, 0.3) is 0 Å². The molecule has 0 atom stereocenters. The summed E-state index contributed by atoms with van der Waals surface area (Å²) < 4.78 is 1.74. The summed E-state index contributed by atoms with van der Waals surface area (Å²) in [7, 11) is 0. The highest BCUT2D eigenvalue weighted by Crippen LogP contribution is 2.17. The number of hydrogen-bond acceptors (Lipinski definition) is 3. The largest absolute Gasteiger partial charge is 0.287 e. The van der Waals surface area contributed by atoms with E-state index < -0.39 is 0 Å². The minimum atomic E-state index is 0.629. The molecule has 0 unspecified atom stereocenters. The van der Waals surface area contributed by atoms with Crippen molar-refractivity contribution in [1.29, 1.82) is 5.26 Å². The van der Waals surface area contributed by atoms with Crippen LogP contribution in [0.15, 0.2) is 30.9 Å². The highest BCUT2D eigenvalue weighted by atomic mass is 15.2. The van der Waals surface area contributed by atoms with Crippen LogP contribution >= 0.6 is 0 Å². The maximum atomic E-state index is 8.94. The Morgan fingerprint density at radius 1 is 1.29 bits per heavy atom. The smallest absolute Gasteiger partial charge is 0.123 e. The molecular weight excluding hydrogens is 176 g/mol. The predicted molar refractivity (Wildman–Crippen MR) is 50.8 cm³/mol. The van der Waals surface area contributed by atoms with Gasteiger partial charge in [0.1, 0.15) is 18.7 Å². The first-order valence-corrected chi connectivity index (χ1v) is 4.17. The Kier molecular flexibility index (Phi) is 1.99. The zero-order valence-corrected chi connectivity index (χ0v) is 7.68. The molecule has 0 aliphatic carbocycles. The fourth-order valence-corrected chi connectivity index (χ4v) is 1.41. The molecule has 2 rings (SSSR count). The van der Waals surface area contributed by atoms with Crippen LogP contribution in [0.4, 0.5) is 0 Å². The Bertz CT molecular complexity index is 479. The van der Waals surface area contributed by atoms with Crippen molar-refractivity contribution in [1.82, 2.24) is 14.8 Å². The molecule has 68 valence electrons. The maximum Gasteiger partial charge on any atom is 0.123 e. The average Bonchev–Trinajstić information content (AvgIpc) is 2.70. The van der Waals surface area contributed by atoms with Crippen molar-refractivity contribution in [3.05, 3.63) is 42.0 Å². The molecule has 0 saturated carbocycles. The van der Waals surface area contributed by atoms with Gasteiger partial charge in [0, 0.05) is 0 Å². The second kappa shape index (κ2) is 3.30. The molecule has 0 saturated heterocycles. The van der Waals surface area contributed by atoms with E-state index >= 15 is 0 Å². The van der Waals surface area contributed by atoms with Gasteiger partial charge < -0.3 is 0 Å². The lowest BCUT2D eigenvalue weighted by Crippen LogP contribution is -1.97. The van der Waals surface area contributed by atoms with E-state index in [2.05, 4.69) is 16.3 Å². The van der Waals surface area contributed by atoms with Crippen molar-refractivity contribution >= 4 is 0 Å². The summed E-state index contributed by atoms with van der Waals surface area (Å²) in [6.07, 6.45) is 3.17. The SMILES string of the molecule is Cc1cccc(C#N)c1-n1cnnc1. The zero-order valence-electron chi connectivity index (χ0n) is 7.68. The molecule has 4 nitrogen and oxygen atoms in total. The van der Waals surface area contributed by atoms with Crippen molar-refractivity contribution in [2.45, 2.75) is 6.92 Å². The molecule has 0 bridgehead atoms. The van der Waals surface area contributed by atoms with Gasteiger partial charge in [-0.1, -0.05) is 12.1 Å². The van der Waals surface area contributed by atoms with Crippen LogP contribution < -0.4 is 0 Å². The Balaban J connectivity index is 2.69. The Morgan fingerprint density at radius 2 is 2.00 bits per heavy atom. The van der Waals surface area contributed by atoms with E-state index in [1.54, 1.807) is 23.3 Å². The highest BCUT2D eigenvalue weighted by molar-refractivity contribution is 5.53. The number of rotatable bonds is 1. The minimum Gasteiger partial charge on any atom is -0.287 e. The molecule has 2 aromatic rings. The van der Waals surface area contributed by atoms with Gasteiger partial charge in [-0.25, -0.2) is 0 Å². The molecule has 0 fully saturated rings. The molecule has 0 radical (unpaired) electrons. The quantitative estimate of drug-likeness (QED) is 0.674. The van der Waals surface area contributed by atoms with Crippen LogP contribution in [0.2, 0.25) is 0 Å². The second-order valence-corrected chi connectivity index (χ2v) is 2.95. The number of aryl methyl sites for hydroxylation is 1. The lowest BCUT2D eigenvalue weighted by molar-refractivity contribution is 1.03. The van der Waals surface area contributed by atoms with E-state index in [0.29, 0.717) is 5.56 Å². The van der Waals surface area contributed by atoms with Crippen LogP contribution in [0.5, 0.6) is 0 Å². The summed E-state index contributed by atoms with van der Waals surface area (Å²) in [6, 6.07) is 7.75. The molecule has 14 heavy (non-hydrogen) atoms. The number of hydrogen-bond donors (Lipinski definition) is 0. The van der Waals surface area contributed by atoms with Crippen molar-refractivity contribution < 1.29 is 0 Å². The van der Waals surface area contributed by atoms with Crippen LogP contribution in [0.25, 0.3) is 5.69 Å². The standard InChI is InChI=1S/C10H8N4/c1-8-3-2-4-9(5-11)10(8)14-6-12-13-7-14/h2-4,6-7H,1H3. The summed E-state index contributed by atoms with van der Waals surface area (Å²) in [6.45, 7) is 1.95. The molecule has 1 aromatic heterocycles. The maximum absolute atomic E-state index is 8.94. The van der Waals surface area contributed by atoms with Gasteiger partial charge in [-0.05, 0) is 18.6 Å². The third-order valence-electron chi connectivity index (χ3n) is 2.04. The average molecular weight is 184 g/mol. The fourth-order valence-electron chi connectivity index (χ4n) is 1.41. The first-order chi connectivity index (χ1) is 6.83. The molecular formula is C10H8N4. The summed E-state index contributed by atoms with van der Waals surface area (Å²) in [4.78, 5) is 0. The Morgan fingerprint density at radius 3 is 2.64 bits per heavy atom. The molecule has 0 aliphatic heterocycles. The Hall–Kier alpha value is -2.15. The lowest BCUT2D eigenvalue weighted by Gasteiger charge is -2.06. The van der Waals surface area contributed by atoms with Gasteiger partial charge in [-0.15, -0.1) is 10.2 Å². The van der Waals surface area contributed by atoms with Gasteiger partial charge in [0.15, 0.2) is 0 Å². The van der Waals surface area contributed by atoms with Gasteiger partial charge in [-0.2, -0.15) is 5.26 Å². The van der Waals surface area contributed by atoms with Gasteiger partial charge in [-0.3, -0.25) is 4.57 Å². The number of benzene rings is 1. The zero-order chi connectivity index (χ0) is 9.97. The van der Waals surface area contributed by atoms with E-state index in [0.717, 1.165) is 11.3 Å². The van der Waals surface area contributed by atoms with Crippen LogP contribution in [0.3, 0.4) is 0 Å². The monoisotopic (exact) mass is 184 g/mol. The third-order valence-corrected chi connectivity index (χ3v) is 2.04. The van der Waals surface area contributed by atoms with E-state index in [1.165, 1.54) is 0 Å². The third kappa shape index (κ3) is 1.25. The topological polar surface area (TPSA) is 54.5 Å². The van der Waals surface area contributed by atoms with E-state index in [1.807, 2.05) is 19.1 Å². The summed E-state index contributed by atoms with van der Waals surface area (Å²) in [5.74, 6) is 0. The first-order valence-electron chi connectivity index (χ1n) is 4.17. The summed E-state index contributed by atoms with van der Waals surface area (Å²) in [5, 5.41) is 16.4. The molecule has 0 amide bonds. The summed E-state index contributed by atoms with van der Waals surface area (Å²) in [5.41, 5.74) is 2.51. The van der Waals surface area contributed by atoms with E-state index in [4.69, 9.17) is 5.26 Å². The number of para-hydroxylation sites is 1. The fraction of sp³-hybridized carbons (Fsp3) is 0.100. The molecule has 0 aliphatic rings. The predicted octanol–water partition coefficient (Wildman–Crippen LogP) is 1.45. The molecule has 0 N–H and O–H groups in total. The molecule has 1 aromatic carbocycles. The van der Waals surface area contributed by atoms with Crippen molar-refractivity contribution in [2.24, 2.45) is 0 Å². The van der Waals surface area contributed by atoms with Crippen molar-refractivity contribution in [3.63, 3.8) is 0 Å². The number of nitriles is 1.